The van der Waals surface area contributed by atoms with Crippen LogP contribution in [0.2, 0.25) is 5.02 Å². The lowest BCUT2D eigenvalue weighted by Gasteiger charge is -2.11. The maximum atomic E-state index is 12.5. The summed E-state index contributed by atoms with van der Waals surface area (Å²) in [5, 5.41) is 0.316. The van der Waals surface area contributed by atoms with E-state index in [4.69, 9.17) is 21.1 Å². The van der Waals surface area contributed by atoms with Crippen molar-refractivity contribution in [3.63, 3.8) is 0 Å². The highest BCUT2D eigenvalue weighted by molar-refractivity contribution is 6.31. The van der Waals surface area contributed by atoms with Gasteiger partial charge in [-0.15, -0.1) is 0 Å². The molecule has 7 nitrogen and oxygen atoms in total. The lowest BCUT2D eigenvalue weighted by molar-refractivity contribution is 0.0593. The van der Waals surface area contributed by atoms with Crippen LogP contribution in [0.25, 0.3) is 0 Å². The van der Waals surface area contributed by atoms with E-state index in [9.17, 15) is 14.4 Å². The fraction of sp³-hybridized carbons (Fsp3) is 0.167. The van der Waals surface area contributed by atoms with Gasteiger partial charge in [0.1, 0.15) is 17.1 Å². The van der Waals surface area contributed by atoms with E-state index in [2.05, 4.69) is 9.47 Å². The Balaban J connectivity index is 2.42. The Labute approximate surface area is 154 Å². The predicted octanol–water partition coefficient (Wildman–Crippen LogP) is 3.14. The van der Waals surface area contributed by atoms with Crippen LogP contribution in [0.5, 0.6) is 11.5 Å². The number of hydrogen-bond acceptors (Lipinski definition) is 7. The molecule has 0 heterocycles. The number of ether oxygens (including phenoxy) is 4. The van der Waals surface area contributed by atoms with Gasteiger partial charge in [0.25, 0.3) is 0 Å². The van der Waals surface area contributed by atoms with Crippen LogP contribution in [0.3, 0.4) is 0 Å². The van der Waals surface area contributed by atoms with Crippen LogP contribution in [0.4, 0.5) is 0 Å². The lowest BCUT2D eigenvalue weighted by atomic mass is 10.1. The molecule has 2 aromatic rings. The summed E-state index contributed by atoms with van der Waals surface area (Å²) < 4.78 is 19.7. The van der Waals surface area contributed by atoms with Crippen LogP contribution in [-0.4, -0.2) is 39.2 Å². The molecule has 26 heavy (non-hydrogen) atoms. The van der Waals surface area contributed by atoms with Crippen LogP contribution < -0.4 is 9.47 Å². The summed E-state index contributed by atoms with van der Waals surface area (Å²) in [6, 6.07) is 8.28. The van der Waals surface area contributed by atoms with E-state index < -0.39 is 17.9 Å². The quantitative estimate of drug-likeness (QED) is 0.583. The zero-order chi connectivity index (χ0) is 19.3. The first-order chi connectivity index (χ1) is 12.4. The second-order valence-electron chi connectivity index (χ2n) is 4.96. The number of carbonyl (C=O) groups excluding carboxylic acids is 3. The Morgan fingerprint density at radius 1 is 0.808 bits per heavy atom. The summed E-state index contributed by atoms with van der Waals surface area (Å²) >= 11 is 5.91. The molecule has 0 atom stereocenters. The van der Waals surface area contributed by atoms with Crippen LogP contribution in [-0.2, 0) is 9.47 Å². The third-order valence-electron chi connectivity index (χ3n) is 3.34. The smallest absolute Gasteiger partial charge is 0.347 e. The van der Waals surface area contributed by atoms with E-state index >= 15 is 0 Å². The summed E-state index contributed by atoms with van der Waals surface area (Å²) in [6.45, 7) is 0. The number of halogens is 1. The number of benzene rings is 2. The van der Waals surface area contributed by atoms with Crippen molar-refractivity contribution >= 4 is 29.5 Å². The maximum absolute atomic E-state index is 12.5. The van der Waals surface area contributed by atoms with Gasteiger partial charge in [-0.1, -0.05) is 11.6 Å². The second-order valence-corrected chi connectivity index (χ2v) is 5.40. The minimum Gasteiger partial charge on any atom is -0.496 e. The number of esters is 3. The fourth-order valence-corrected chi connectivity index (χ4v) is 2.30. The molecule has 0 N–H and O–H groups in total. The van der Waals surface area contributed by atoms with Crippen molar-refractivity contribution in [3.8, 4) is 11.5 Å². The molecule has 0 aliphatic rings. The predicted molar refractivity (Wildman–Crippen MR) is 92.1 cm³/mol. The minimum atomic E-state index is -0.776. The van der Waals surface area contributed by atoms with Gasteiger partial charge in [-0.05, 0) is 36.4 Å². The van der Waals surface area contributed by atoms with Gasteiger partial charge in [-0.25, -0.2) is 14.4 Å². The molecule has 0 aliphatic carbocycles. The zero-order valence-corrected chi connectivity index (χ0v) is 15.0. The molecule has 0 bridgehead atoms. The first kappa shape index (κ1) is 19.3. The SMILES string of the molecule is COC(=O)c1cc(OC(=O)c2cc(Cl)ccc2OC)cc(C(=O)OC)c1. The van der Waals surface area contributed by atoms with Gasteiger partial charge in [0.15, 0.2) is 0 Å². The van der Waals surface area contributed by atoms with Crippen LogP contribution in [0.15, 0.2) is 36.4 Å². The zero-order valence-electron chi connectivity index (χ0n) is 14.2. The third kappa shape index (κ3) is 4.31. The van der Waals surface area contributed by atoms with E-state index in [0.29, 0.717) is 5.02 Å². The molecule has 0 spiro atoms. The summed E-state index contributed by atoms with van der Waals surface area (Å²) in [5.41, 5.74) is 0.135. The van der Waals surface area contributed by atoms with Crippen molar-refractivity contribution in [2.45, 2.75) is 0 Å². The Bertz CT molecular complexity index is 826. The molecule has 0 saturated carbocycles. The van der Waals surface area contributed by atoms with Gasteiger partial charge in [0.2, 0.25) is 0 Å². The molecule has 0 aromatic heterocycles. The molecule has 0 fully saturated rings. The van der Waals surface area contributed by atoms with Crippen molar-refractivity contribution in [2.75, 3.05) is 21.3 Å². The number of carbonyl (C=O) groups is 3. The highest BCUT2D eigenvalue weighted by Crippen LogP contribution is 2.25. The van der Waals surface area contributed by atoms with Crippen molar-refractivity contribution < 1.29 is 33.3 Å². The van der Waals surface area contributed by atoms with E-state index in [-0.39, 0.29) is 28.2 Å². The molecule has 0 amide bonds. The minimum absolute atomic E-state index is 0.0243. The molecular weight excluding hydrogens is 364 g/mol. The lowest BCUT2D eigenvalue weighted by Crippen LogP contribution is -2.12. The molecule has 2 rings (SSSR count). The summed E-state index contributed by atoms with van der Waals surface area (Å²) in [4.78, 5) is 36.0. The van der Waals surface area contributed by atoms with Crippen LogP contribution >= 0.6 is 11.6 Å². The second kappa shape index (κ2) is 8.35. The van der Waals surface area contributed by atoms with Gasteiger partial charge in [-0.2, -0.15) is 0 Å². The summed E-state index contributed by atoms with van der Waals surface area (Å²) in [5.74, 6) is -1.96. The van der Waals surface area contributed by atoms with Gasteiger partial charge in [-0.3, -0.25) is 0 Å². The molecule has 136 valence electrons. The molecule has 0 saturated heterocycles. The average Bonchev–Trinajstić information content (AvgIpc) is 2.66. The summed E-state index contributed by atoms with van der Waals surface area (Å²) in [6.07, 6.45) is 0. The third-order valence-corrected chi connectivity index (χ3v) is 3.58. The Kier molecular flexibility index (Phi) is 6.19. The topological polar surface area (TPSA) is 88.1 Å². The highest BCUT2D eigenvalue weighted by Gasteiger charge is 2.19. The Hall–Kier alpha value is -3.06. The van der Waals surface area contributed by atoms with E-state index in [1.807, 2.05) is 0 Å². The van der Waals surface area contributed by atoms with Gasteiger partial charge < -0.3 is 18.9 Å². The Morgan fingerprint density at radius 3 is 1.88 bits per heavy atom. The highest BCUT2D eigenvalue weighted by atomic mass is 35.5. The Morgan fingerprint density at radius 2 is 1.38 bits per heavy atom. The van der Waals surface area contributed by atoms with E-state index in [1.165, 1.54) is 51.7 Å². The molecule has 0 unspecified atom stereocenters. The standard InChI is InChI=1S/C18H15ClO7/c1-23-15-5-4-12(19)9-14(15)18(22)26-13-7-10(16(20)24-2)6-11(8-13)17(21)25-3/h4-9H,1-3H3. The first-order valence-corrected chi connectivity index (χ1v) is 7.64. The van der Waals surface area contributed by atoms with Crippen molar-refractivity contribution in [3.05, 3.63) is 58.1 Å². The van der Waals surface area contributed by atoms with Gasteiger partial charge >= 0.3 is 17.9 Å². The molecule has 8 heteroatoms. The normalized spacial score (nSPS) is 10.0. The van der Waals surface area contributed by atoms with E-state index in [0.717, 1.165) is 0 Å². The number of methoxy groups -OCH3 is 3. The molecular formula is C18H15ClO7. The maximum Gasteiger partial charge on any atom is 0.347 e. The molecule has 0 aliphatic heterocycles. The molecule has 2 aromatic carbocycles. The van der Waals surface area contributed by atoms with E-state index in [1.54, 1.807) is 6.07 Å². The van der Waals surface area contributed by atoms with Gasteiger partial charge in [0, 0.05) is 5.02 Å². The largest absolute Gasteiger partial charge is 0.496 e. The van der Waals surface area contributed by atoms with Crippen LogP contribution in [0.1, 0.15) is 31.1 Å². The van der Waals surface area contributed by atoms with Crippen molar-refractivity contribution in [2.24, 2.45) is 0 Å². The number of rotatable bonds is 5. The average molecular weight is 379 g/mol. The van der Waals surface area contributed by atoms with Crippen LogP contribution in [0, 0.1) is 0 Å². The monoisotopic (exact) mass is 378 g/mol. The van der Waals surface area contributed by atoms with Crippen molar-refractivity contribution in [1.82, 2.24) is 0 Å². The summed E-state index contributed by atoms with van der Waals surface area (Å²) in [7, 11) is 3.78. The number of hydrogen-bond donors (Lipinski definition) is 0. The first-order valence-electron chi connectivity index (χ1n) is 7.27. The molecule has 0 radical (unpaired) electrons. The fourth-order valence-electron chi connectivity index (χ4n) is 2.13. The van der Waals surface area contributed by atoms with Gasteiger partial charge in [0.05, 0.1) is 32.5 Å². The van der Waals surface area contributed by atoms with Crippen molar-refractivity contribution in [1.29, 1.82) is 0 Å².